The van der Waals surface area contributed by atoms with Crippen molar-refractivity contribution in [1.82, 2.24) is 15.0 Å². The van der Waals surface area contributed by atoms with E-state index in [1.807, 2.05) is 19.1 Å². The molecule has 1 aromatic carbocycles. The fraction of sp³-hybridized carbons (Fsp3) is 0.600. The third-order valence-electron chi connectivity index (χ3n) is 8.72. The van der Waals surface area contributed by atoms with Gasteiger partial charge < -0.3 is 21.5 Å². The van der Waals surface area contributed by atoms with Crippen LogP contribution in [0.2, 0.25) is 5.02 Å². The Morgan fingerprint density at radius 2 is 1.90 bits per heavy atom. The van der Waals surface area contributed by atoms with E-state index < -0.39 is 33.8 Å². The topological polar surface area (TPSA) is 146 Å². The van der Waals surface area contributed by atoms with Crippen molar-refractivity contribution in [2.24, 2.45) is 17.6 Å². The van der Waals surface area contributed by atoms with Crippen molar-refractivity contribution in [3.63, 3.8) is 0 Å². The minimum atomic E-state index is -3.45. The number of carbonyl (C=O) groups excluding carboxylic acids is 1. The zero-order valence-corrected chi connectivity index (χ0v) is 25.6. The fourth-order valence-corrected chi connectivity index (χ4v) is 7.75. The summed E-state index contributed by atoms with van der Waals surface area (Å²) >= 11 is 6.13. The zero-order chi connectivity index (χ0) is 30.3. The highest BCUT2D eigenvalue weighted by molar-refractivity contribution is 7.89. The van der Waals surface area contributed by atoms with Crippen LogP contribution >= 0.6 is 11.6 Å². The monoisotopic (exact) mass is 623 g/mol. The average Bonchev–Trinajstić information content (AvgIpc) is 3.02. The maximum Gasteiger partial charge on any atom is 0.241 e. The van der Waals surface area contributed by atoms with Gasteiger partial charge in [-0.05, 0) is 87.8 Å². The van der Waals surface area contributed by atoms with E-state index in [0.717, 1.165) is 43.9 Å². The maximum absolute atomic E-state index is 15.1. The van der Waals surface area contributed by atoms with Gasteiger partial charge in [0, 0.05) is 41.7 Å². The van der Waals surface area contributed by atoms with E-state index in [1.165, 1.54) is 6.20 Å². The molecule has 4 atom stereocenters. The number of nitrogens with one attached hydrogen (secondary N) is 3. The quantitative estimate of drug-likeness (QED) is 0.286. The molecule has 1 aliphatic heterocycles. The Kier molecular flexibility index (Phi) is 11.7. The predicted molar refractivity (Wildman–Crippen MR) is 163 cm³/mol. The van der Waals surface area contributed by atoms with Crippen molar-refractivity contribution < 1.29 is 22.7 Å². The number of benzene rings is 1. The summed E-state index contributed by atoms with van der Waals surface area (Å²) in [5.41, 5.74) is 8.03. The van der Waals surface area contributed by atoms with Gasteiger partial charge in [0.15, 0.2) is 0 Å². The van der Waals surface area contributed by atoms with E-state index in [0.29, 0.717) is 24.4 Å². The smallest absolute Gasteiger partial charge is 0.241 e. The second-order valence-corrected chi connectivity index (χ2v) is 14.1. The van der Waals surface area contributed by atoms with Crippen LogP contribution in [-0.4, -0.2) is 61.4 Å². The molecule has 1 saturated heterocycles. The SMILES string of the molecule is C[C@H]1CCCS(=O)(=O)N[C@@H](CCc2c(F)cncc2NC(=O)[C@@H](N)[C@@H](c2ccc(Cl)cc2)C2CCC(CO)CC2)CN1. The van der Waals surface area contributed by atoms with Crippen LogP contribution in [0.4, 0.5) is 10.1 Å². The Balaban J connectivity index is 1.50. The number of aromatic nitrogens is 1. The number of pyridine rings is 1. The summed E-state index contributed by atoms with van der Waals surface area (Å²) in [6.07, 6.45) is 7.70. The van der Waals surface area contributed by atoms with Gasteiger partial charge in [-0.2, -0.15) is 0 Å². The Morgan fingerprint density at radius 3 is 2.60 bits per heavy atom. The lowest BCUT2D eigenvalue weighted by molar-refractivity contribution is -0.118. The molecule has 0 bridgehead atoms. The van der Waals surface area contributed by atoms with Crippen molar-refractivity contribution in [1.29, 1.82) is 0 Å². The van der Waals surface area contributed by atoms with Crippen LogP contribution in [0.3, 0.4) is 0 Å². The molecule has 2 aromatic rings. The highest BCUT2D eigenvalue weighted by Gasteiger charge is 2.36. The number of hydrogen-bond donors (Lipinski definition) is 5. The molecule has 9 nitrogen and oxygen atoms in total. The van der Waals surface area contributed by atoms with Gasteiger partial charge in [-0.1, -0.05) is 23.7 Å². The number of aliphatic hydroxyl groups is 1. The number of aliphatic hydroxyl groups excluding tert-OH is 1. The maximum atomic E-state index is 15.1. The van der Waals surface area contributed by atoms with Gasteiger partial charge in [0.25, 0.3) is 0 Å². The van der Waals surface area contributed by atoms with Crippen LogP contribution in [0.15, 0.2) is 36.7 Å². The molecular formula is C30H43ClFN5O4S. The van der Waals surface area contributed by atoms with Crippen molar-refractivity contribution in [3.05, 3.63) is 58.6 Å². The lowest BCUT2D eigenvalue weighted by Crippen LogP contribution is -2.44. The summed E-state index contributed by atoms with van der Waals surface area (Å²) in [4.78, 5) is 17.6. The number of nitrogens with two attached hydrogens (primary N) is 1. The Labute approximate surface area is 253 Å². The molecular weight excluding hydrogens is 581 g/mol. The molecule has 6 N–H and O–H groups in total. The highest BCUT2D eigenvalue weighted by atomic mass is 35.5. The lowest BCUT2D eigenvalue weighted by atomic mass is 9.71. The Bertz CT molecular complexity index is 1290. The first kappa shape index (κ1) is 32.8. The summed E-state index contributed by atoms with van der Waals surface area (Å²) in [5, 5.41) is 16.4. The van der Waals surface area contributed by atoms with Gasteiger partial charge in [0.05, 0.1) is 29.9 Å². The largest absolute Gasteiger partial charge is 0.396 e. The summed E-state index contributed by atoms with van der Waals surface area (Å²) in [6.45, 7) is 2.59. The van der Waals surface area contributed by atoms with Gasteiger partial charge >= 0.3 is 0 Å². The molecule has 12 heteroatoms. The lowest BCUT2D eigenvalue weighted by Gasteiger charge is -2.36. The van der Waals surface area contributed by atoms with Crippen LogP contribution in [0.25, 0.3) is 0 Å². The van der Waals surface area contributed by atoms with Crippen LogP contribution in [-0.2, 0) is 21.2 Å². The molecule has 2 heterocycles. The molecule has 1 saturated carbocycles. The molecule has 0 spiro atoms. The summed E-state index contributed by atoms with van der Waals surface area (Å²) in [6, 6.07) is 6.15. The first-order valence-corrected chi connectivity index (χ1v) is 16.9. The normalized spacial score (nSPS) is 26.3. The number of halogens is 2. The van der Waals surface area contributed by atoms with Gasteiger partial charge in [-0.25, -0.2) is 17.5 Å². The number of amides is 1. The second kappa shape index (κ2) is 15.0. The molecule has 2 aliphatic rings. The molecule has 1 aliphatic carbocycles. The molecule has 1 amide bonds. The minimum absolute atomic E-state index is 0.0504. The van der Waals surface area contributed by atoms with Crippen LogP contribution in [0.1, 0.15) is 68.9 Å². The van der Waals surface area contributed by atoms with Crippen molar-refractivity contribution in [2.75, 3.05) is 24.2 Å². The van der Waals surface area contributed by atoms with E-state index in [-0.39, 0.29) is 53.8 Å². The first-order valence-electron chi connectivity index (χ1n) is 14.8. The van der Waals surface area contributed by atoms with Crippen molar-refractivity contribution >= 4 is 33.2 Å². The molecule has 1 aromatic heterocycles. The number of rotatable bonds is 9. The molecule has 42 heavy (non-hydrogen) atoms. The number of carbonyl (C=O) groups is 1. The fourth-order valence-electron chi connectivity index (χ4n) is 6.25. The van der Waals surface area contributed by atoms with E-state index in [9.17, 15) is 18.3 Å². The van der Waals surface area contributed by atoms with Crippen LogP contribution in [0, 0.1) is 17.7 Å². The third-order valence-corrected chi connectivity index (χ3v) is 10.5. The zero-order valence-electron chi connectivity index (χ0n) is 24.1. The first-order chi connectivity index (χ1) is 20.1. The standard InChI is InChI=1S/C30H43ClFN5O4S/c1-19-3-2-14-42(40,41)37-24(15-35-19)12-13-25-26(32)16-34-17-27(25)36-30(39)29(33)28(22-8-10-23(31)11-9-22)21-6-4-20(18-38)5-7-21/h8-11,16-17,19-21,24,28-29,35,37-38H,2-7,12-15,18,33H2,1H3,(H,36,39)/t19-,20?,21?,24-,28+,29-/m0/s1. The van der Waals surface area contributed by atoms with Gasteiger partial charge in [0.1, 0.15) is 5.82 Å². The van der Waals surface area contributed by atoms with Crippen LogP contribution < -0.4 is 21.1 Å². The van der Waals surface area contributed by atoms with E-state index in [2.05, 4.69) is 20.3 Å². The second-order valence-electron chi connectivity index (χ2n) is 11.8. The number of sulfonamides is 1. The van der Waals surface area contributed by atoms with Crippen molar-refractivity contribution in [3.8, 4) is 0 Å². The van der Waals surface area contributed by atoms with E-state index in [4.69, 9.17) is 17.3 Å². The van der Waals surface area contributed by atoms with E-state index >= 15 is 4.39 Å². The van der Waals surface area contributed by atoms with Gasteiger partial charge in [0.2, 0.25) is 15.9 Å². The predicted octanol–water partition coefficient (Wildman–Crippen LogP) is 3.71. The number of nitrogens with zero attached hydrogens (tertiary/aromatic N) is 1. The summed E-state index contributed by atoms with van der Waals surface area (Å²) in [5.74, 6) is -0.895. The molecule has 0 radical (unpaired) electrons. The minimum Gasteiger partial charge on any atom is -0.396 e. The molecule has 0 unspecified atom stereocenters. The Hall–Kier alpha value is -2.15. The Morgan fingerprint density at radius 1 is 1.19 bits per heavy atom. The third kappa shape index (κ3) is 8.93. The molecule has 2 fully saturated rings. The van der Waals surface area contributed by atoms with E-state index in [1.54, 1.807) is 12.1 Å². The number of anilines is 1. The summed E-state index contributed by atoms with van der Waals surface area (Å²) in [7, 11) is -3.45. The van der Waals surface area contributed by atoms with Gasteiger partial charge in [-0.3, -0.25) is 9.78 Å². The van der Waals surface area contributed by atoms with Gasteiger partial charge in [-0.15, -0.1) is 0 Å². The van der Waals surface area contributed by atoms with Crippen molar-refractivity contribution in [2.45, 2.75) is 82.3 Å². The summed E-state index contributed by atoms with van der Waals surface area (Å²) < 4.78 is 42.8. The molecule has 4 rings (SSSR count). The average molecular weight is 624 g/mol. The number of hydrogen-bond acceptors (Lipinski definition) is 7. The highest BCUT2D eigenvalue weighted by Crippen LogP contribution is 2.40. The van der Waals surface area contributed by atoms with Crippen LogP contribution in [0.5, 0.6) is 0 Å². The molecule has 232 valence electrons.